The van der Waals surface area contributed by atoms with E-state index in [0.717, 1.165) is 16.4 Å². The minimum atomic E-state index is 0.236. The Kier molecular flexibility index (Phi) is 2.86. The van der Waals surface area contributed by atoms with Crippen molar-refractivity contribution in [2.24, 2.45) is 0 Å². The number of anilines is 2. The molecule has 0 aliphatic rings. The smallest absolute Gasteiger partial charge is 0.221 e. The van der Waals surface area contributed by atoms with Crippen LogP contribution >= 0.6 is 22.6 Å². The number of nitrogens with zero attached hydrogens (tertiary/aromatic N) is 2. The molecule has 0 saturated carbocycles. The lowest BCUT2D eigenvalue weighted by Crippen LogP contribution is -2.03. The predicted octanol–water partition coefficient (Wildman–Crippen LogP) is 0.619. The lowest BCUT2D eigenvalue weighted by molar-refractivity contribution is 1.08. The second-order valence-electron chi connectivity index (χ2n) is 2.08. The first-order valence-electron chi connectivity index (χ1n) is 3.17. The molecule has 0 aromatic carbocycles. The highest BCUT2D eigenvalue weighted by molar-refractivity contribution is 14.1. The SMILES string of the molecule is Nc1ncc(CCI)c(N)n1. The van der Waals surface area contributed by atoms with Crippen molar-refractivity contribution in [3.8, 4) is 0 Å². The topological polar surface area (TPSA) is 77.8 Å². The van der Waals surface area contributed by atoms with Gasteiger partial charge in [-0.1, -0.05) is 22.6 Å². The van der Waals surface area contributed by atoms with Crippen LogP contribution in [0.2, 0.25) is 0 Å². The van der Waals surface area contributed by atoms with Gasteiger partial charge in [-0.2, -0.15) is 4.98 Å². The van der Waals surface area contributed by atoms with Gasteiger partial charge in [-0.3, -0.25) is 0 Å². The van der Waals surface area contributed by atoms with Gasteiger partial charge in [0.1, 0.15) is 5.82 Å². The van der Waals surface area contributed by atoms with Gasteiger partial charge in [0.25, 0.3) is 0 Å². The average Bonchev–Trinajstić information content (AvgIpc) is 1.95. The first kappa shape index (κ1) is 8.51. The van der Waals surface area contributed by atoms with Crippen molar-refractivity contribution in [1.29, 1.82) is 0 Å². The average molecular weight is 264 g/mol. The Labute approximate surface area is 78.5 Å². The lowest BCUT2D eigenvalue weighted by atomic mass is 10.2. The molecular formula is C6H9IN4. The van der Waals surface area contributed by atoms with Crippen LogP contribution in [-0.4, -0.2) is 14.4 Å². The molecule has 0 fully saturated rings. The van der Waals surface area contributed by atoms with Crippen molar-refractivity contribution >= 4 is 34.4 Å². The molecule has 0 atom stereocenters. The second-order valence-corrected chi connectivity index (χ2v) is 3.16. The predicted molar refractivity (Wildman–Crippen MR) is 53.4 cm³/mol. The zero-order chi connectivity index (χ0) is 8.27. The maximum Gasteiger partial charge on any atom is 0.221 e. The monoisotopic (exact) mass is 264 g/mol. The van der Waals surface area contributed by atoms with E-state index in [1.165, 1.54) is 0 Å². The minimum absolute atomic E-state index is 0.236. The van der Waals surface area contributed by atoms with Gasteiger partial charge in [-0.25, -0.2) is 4.98 Å². The van der Waals surface area contributed by atoms with Crippen LogP contribution in [0, 0.1) is 0 Å². The maximum absolute atomic E-state index is 5.57. The molecule has 1 aromatic rings. The van der Waals surface area contributed by atoms with Gasteiger partial charge in [0.15, 0.2) is 0 Å². The molecule has 0 aliphatic carbocycles. The number of hydrogen-bond donors (Lipinski definition) is 2. The molecular weight excluding hydrogens is 255 g/mol. The van der Waals surface area contributed by atoms with Crippen LogP contribution in [0.3, 0.4) is 0 Å². The fraction of sp³-hybridized carbons (Fsp3) is 0.333. The van der Waals surface area contributed by atoms with Gasteiger partial charge in [-0.15, -0.1) is 0 Å². The maximum atomic E-state index is 5.57. The summed E-state index contributed by atoms with van der Waals surface area (Å²) in [5, 5.41) is 0. The van der Waals surface area contributed by atoms with Crippen LogP contribution in [0.4, 0.5) is 11.8 Å². The van der Waals surface area contributed by atoms with Crippen molar-refractivity contribution in [1.82, 2.24) is 9.97 Å². The lowest BCUT2D eigenvalue weighted by Gasteiger charge is -2.01. The Hall–Kier alpha value is -0.590. The van der Waals surface area contributed by atoms with Crippen LogP contribution in [0.25, 0.3) is 0 Å². The molecule has 5 heteroatoms. The Morgan fingerprint density at radius 1 is 1.45 bits per heavy atom. The van der Waals surface area contributed by atoms with Crippen molar-refractivity contribution in [3.63, 3.8) is 0 Å². The summed E-state index contributed by atoms with van der Waals surface area (Å²) in [6, 6.07) is 0. The zero-order valence-corrected chi connectivity index (χ0v) is 8.08. The van der Waals surface area contributed by atoms with Crippen LogP contribution in [0.1, 0.15) is 5.56 Å². The van der Waals surface area contributed by atoms with Crippen LogP contribution < -0.4 is 11.5 Å². The van der Waals surface area contributed by atoms with E-state index in [9.17, 15) is 0 Å². The van der Waals surface area contributed by atoms with E-state index in [2.05, 4.69) is 32.6 Å². The van der Waals surface area contributed by atoms with E-state index < -0.39 is 0 Å². The highest BCUT2D eigenvalue weighted by Gasteiger charge is 1.99. The largest absolute Gasteiger partial charge is 0.383 e. The fourth-order valence-electron chi connectivity index (χ4n) is 0.729. The summed E-state index contributed by atoms with van der Waals surface area (Å²) < 4.78 is 1.01. The number of nitrogen functional groups attached to an aromatic ring is 2. The van der Waals surface area contributed by atoms with Crippen molar-refractivity contribution in [3.05, 3.63) is 11.8 Å². The molecule has 0 spiro atoms. The number of halogens is 1. The van der Waals surface area contributed by atoms with Gasteiger partial charge in [-0.05, 0) is 6.42 Å². The van der Waals surface area contributed by atoms with Crippen molar-refractivity contribution in [2.75, 3.05) is 15.9 Å². The number of nitrogens with two attached hydrogens (primary N) is 2. The van der Waals surface area contributed by atoms with Gasteiger partial charge >= 0.3 is 0 Å². The first-order chi connectivity index (χ1) is 5.24. The number of hydrogen-bond acceptors (Lipinski definition) is 4. The Morgan fingerprint density at radius 3 is 2.73 bits per heavy atom. The summed E-state index contributed by atoms with van der Waals surface area (Å²) in [6.07, 6.45) is 2.57. The molecule has 1 rings (SSSR count). The highest BCUT2D eigenvalue weighted by Crippen LogP contribution is 2.09. The third kappa shape index (κ3) is 2.18. The molecule has 0 radical (unpaired) electrons. The summed E-state index contributed by atoms with van der Waals surface area (Å²) >= 11 is 2.27. The quantitative estimate of drug-likeness (QED) is 0.606. The minimum Gasteiger partial charge on any atom is -0.383 e. The van der Waals surface area contributed by atoms with Crippen LogP contribution in [0.15, 0.2) is 6.20 Å². The zero-order valence-electron chi connectivity index (χ0n) is 5.92. The third-order valence-electron chi connectivity index (χ3n) is 1.28. The molecule has 4 N–H and O–H groups in total. The number of rotatable bonds is 2. The number of aromatic nitrogens is 2. The molecule has 4 nitrogen and oxygen atoms in total. The molecule has 0 saturated heterocycles. The van der Waals surface area contributed by atoms with Crippen LogP contribution in [-0.2, 0) is 6.42 Å². The Bertz CT molecular complexity index is 250. The number of aryl methyl sites for hydroxylation is 1. The van der Waals surface area contributed by atoms with E-state index in [1.54, 1.807) is 6.20 Å². The van der Waals surface area contributed by atoms with Crippen molar-refractivity contribution in [2.45, 2.75) is 6.42 Å². The van der Waals surface area contributed by atoms with E-state index in [-0.39, 0.29) is 5.95 Å². The second kappa shape index (κ2) is 3.70. The highest BCUT2D eigenvalue weighted by atomic mass is 127. The van der Waals surface area contributed by atoms with Gasteiger partial charge in [0, 0.05) is 16.2 Å². The standard InChI is InChI=1S/C6H9IN4/c7-2-1-4-3-10-6(9)11-5(4)8/h3H,1-2H2,(H4,8,9,10,11). The molecule has 60 valence electrons. The summed E-state index contributed by atoms with van der Waals surface area (Å²) in [6.45, 7) is 0. The summed E-state index contributed by atoms with van der Waals surface area (Å²) in [7, 11) is 0. The van der Waals surface area contributed by atoms with E-state index in [1.807, 2.05) is 0 Å². The van der Waals surface area contributed by atoms with E-state index >= 15 is 0 Å². The van der Waals surface area contributed by atoms with Crippen LogP contribution in [0.5, 0.6) is 0 Å². The molecule has 0 bridgehead atoms. The molecule has 0 unspecified atom stereocenters. The first-order valence-corrected chi connectivity index (χ1v) is 4.69. The fourth-order valence-corrected chi connectivity index (χ4v) is 1.31. The summed E-state index contributed by atoms with van der Waals surface area (Å²) in [4.78, 5) is 7.68. The van der Waals surface area contributed by atoms with Crippen molar-refractivity contribution < 1.29 is 0 Å². The molecule has 1 heterocycles. The Morgan fingerprint density at radius 2 is 2.18 bits per heavy atom. The van der Waals surface area contributed by atoms with Gasteiger partial charge < -0.3 is 11.5 Å². The number of alkyl halides is 1. The van der Waals surface area contributed by atoms with Gasteiger partial charge in [0.05, 0.1) is 0 Å². The normalized spacial score (nSPS) is 9.91. The Balaban J connectivity index is 2.90. The summed E-state index contributed by atoms with van der Waals surface area (Å²) in [5.74, 6) is 0.730. The molecule has 0 amide bonds. The van der Waals surface area contributed by atoms with Gasteiger partial charge in [0.2, 0.25) is 5.95 Å². The molecule has 1 aromatic heterocycles. The van der Waals surface area contributed by atoms with E-state index in [0.29, 0.717) is 5.82 Å². The third-order valence-corrected chi connectivity index (χ3v) is 1.82. The molecule has 11 heavy (non-hydrogen) atoms. The van der Waals surface area contributed by atoms with E-state index in [4.69, 9.17) is 11.5 Å². The molecule has 0 aliphatic heterocycles. The summed E-state index contributed by atoms with van der Waals surface area (Å²) in [5.41, 5.74) is 11.9.